The average molecular weight is 309 g/mol. The minimum atomic E-state index is -0.214. The molecule has 1 aliphatic rings. The fourth-order valence-corrected chi connectivity index (χ4v) is 3.41. The Bertz CT molecular complexity index is 627. The molecule has 3 rings (SSSR count). The van der Waals surface area contributed by atoms with E-state index in [9.17, 15) is 4.79 Å². The Morgan fingerprint density at radius 1 is 1.09 bits per heavy atom. The smallest absolute Gasteiger partial charge is 0.323 e. The standard InChI is InChI=1S/C20H23NO2/c1-2-23-20(22)18-14-17(13-15-9-5-3-6-10-15)19(21-18)16-11-7-4-8-12-16/h3-12,17-19,21H,2,13-14H2,1H3/t17-,18-,19+/m0/s1. The molecule has 0 aliphatic carbocycles. The van der Waals surface area contributed by atoms with Crippen LogP contribution >= 0.6 is 0 Å². The molecule has 1 saturated heterocycles. The zero-order chi connectivity index (χ0) is 16.1. The normalized spacial score (nSPS) is 23.6. The number of nitrogens with one attached hydrogen (secondary N) is 1. The summed E-state index contributed by atoms with van der Waals surface area (Å²) in [7, 11) is 0. The third-order valence-corrected chi connectivity index (χ3v) is 4.46. The van der Waals surface area contributed by atoms with Crippen molar-refractivity contribution in [3.05, 3.63) is 71.8 Å². The van der Waals surface area contributed by atoms with Crippen LogP contribution in [0.2, 0.25) is 0 Å². The Morgan fingerprint density at radius 3 is 2.39 bits per heavy atom. The molecule has 2 aromatic rings. The number of hydrogen-bond acceptors (Lipinski definition) is 3. The minimum Gasteiger partial charge on any atom is -0.465 e. The maximum Gasteiger partial charge on any atom is 0.323 e. The van der Waals surface area contributed by atoms with Gasteiger partial charge in [0, 0.05) is 6.04 Å². The lowest BCUT2D eigenvalue weighted by atomic mass is 9.88. The van der Waals surface area contributed by atoms with E-state index in [1.54, 1.807) is 0 Å². The molecule has 120 valence electrons. The molecule has 1 fully saturated rings. The van der Waals surface area contributed by atoms with Crippen LogP contribution in [0.25, 0.3) is 0 Å². The Morgan fingerprint density at radius 2 is 1.74 bits per heavy atom. The predicted molar refractivity (Wildman–Crippen MR) is 91.0 cm³/mol. The topological polar surface area (TPSA) is 38.3 Å². The molecule has 3 nitrogen and oxygen atoms in total. The first kappa shape index (κ1) is 15.8. The summed E-state index contributed by atoms with van der Waals surface area (Å²) in [6.45, 7) is 2.28. The van der Waals surface area contributed by atoms with Gasteiger partial charge < -0.3 is 4.74 Å². The number of benzene rings is 2. The summed E-state index contributed by atoms with van der Waals surface area (Å²) in [5.41, 5.74) is 2.55. The number of carbonyl (C=O) groups is 1. The van der Waals surface area contributed by atoms with Gasteiger partial charge in [0.05, 0.1) is 6.61 Å². The SMILES string of the molecule is CCOC(=O)[C@@H]1C[C@H](Cc2ccccc2)[C@@H](c2ccccc2)N1. The third-order valence-electron chi connectivity index (χ3n) is 4.46. The van der Waals surface area contributed by atoms with Gasteiger partial charge in [0.1, 0.15) is 6.04 Å². The van der Waals surface area contributed by atoms with E-state index in [2.05, 4.69) is 41.7 Å². The largest absolute Gasteiger partial charge is 0.465 e. The van der Waals surface area contributed by atoms with Crippen LogP contribution in [0.15, 0.2) is 60.7 Å². The molecule has 0 unspecified atom stereocenters. The van der Waals surface area contributed by atoms with E-state index in [-0.39, 0.29) is 18.1 Å². The summed E-state index contributed by atoms with van der Waals surface area (Å²) in [5, 5.41) is 3.49. The molecule has 0 amide bonds. The van der Waals surface area contributed by atoms with Gasteiger partial charge in [0.25, 0.3) is 0 Å². The van der Waals surface area contributed by atoms with E-state index >= 15 is 0 Å². The van der Waals surface area contributed by atoms with Crippen LogP contribution < -0.4 is 5.32 Å². The number of carbonyl (C=O) groups excluding carboxylic acids is 1. The summed E-state index contributed by atoms with van der Waals surface area (Å²) in [4.78, 5) is 12.1. The maximum atomic E-state index is 12.1. The highest BCUT2D eigenvalue weighted by molar-refractivity contribution is 5.76. The van der Waals surface area contributed by atoms with E-state index in [0.29, 0.717) is 12.5 Å². The molecular formula is C20H23NO2. The predicted octanol–water partition coefficient (Wildman–Crippen LogP) is 3.51. The molecule has 2 aromatic carbocycles. The Labute approximate surface area is 137 Å². The zero-order valence-electron chi connectivity index (χ0n) is 13.4. The van der Waals surface area contributed by atoms with Crippen molar-refractivity contribution in [3.8, 4) is 0 Å². The van der Waals surface area contributed by atoms with Crippen molar-refractivity contribution >= 4 is 5.97 Å². The van der Waals surface area contributed by atoms with E-state index in [4.69, 9.17) is 4.74 Å². The van der Waals surface area contributed by atoms with Crippen molar-refractivity contribution in [3.63, 3.8) is 0 Å². The van der Waals surface area contributed by atoms with Crippen LogP contribution in [0, 0.1) is 5.92 Å². The molecule has 1 aliphatic heterocycles. The molecule has 23 heavy (non-hydrogen) atoms. The summed E-state index contributed by atoms with van der Waals surface area (Å²) in [5.74, 6) is 0.248. The lowest BCUT2D eigenvalue weighted by Crippen LogP contribution is -2.33. The van der Waals surface area contributed by atoms with Gasteiger partial charge in [-0.1, -0.05) is 60.7 Å². The molecule has 0 spiro atoms. The van der Waals surface area contributed by atoms with Gasteiger partial charge in [0.2, 0.25) is 0 Å². The van der Waals surface area contributed by atoms with Crippen molar-refractivity contribution < 1.29 is 9.53 Å². The summed E-state index contributed by atoms with van der Waals surface area (Å²) >= 11 is 0. The van der Waals surface area contributed by atoms with E-state index in [0.717, 1.165) is 12.8 Å². The lowest BCUT2D eigenvalue weighted by Gasteiger charge is -2.20. The van der Waals surface area contributed by atoms with Gasteiger partial charge in [-0.05, 0) is 36.8 Å². The molecule has 0 saturated carbocycles. The summed E-state index contributed by atoms with van der Waals surface area (Å²) in [6, 6.07) is 20.8. The molecule has 0 bridgehead atoms. The molecular weight excluding hydrogens is 286 g/mol. The monoisotopic (exact) mass is 309 g/mol. The first-order valence-corrected chi connectivity index (χ1v) is 8.29. The van der Waals surface area contributed by atoms with Crippen molar-refractivity contribution in [2.45, 2.75) is 31.8 Å². The number of hydrogen-bond donors (Lipinski definition) is 1. The van der Waals surface area contributed by atoms with Gasteiger partial charge in [-0.25, -0.2) is 0 Å². The third kappa shape index (κ3) is 3.80. The average Bonchev–Trinajstić information content (AvgIpc) is 3.01. The Kier molecular flexibility index (Phi) is 5.09. The lowest BCUT2D eigenvalue weighted by molar-refractivity contribution is -0.145. The van der Waals surface area contributed by atoms with Crippen molar-refractivity contribution in [1.82, 2.24) is 5.32 Å². The highest BCUT2D eigenvalue weighted by Gasteiger charge is 2.38. The van der Waals surface area contributed by atoms with Crippen molar-refractivity contribution in [2.24, 2.45) is 5.92 Å². The van der Waals surface area contributed by atoms with E-state index < -0.39 is 0 Å². The Hall–Kier alpha value is -2.13. The van der Waals surface area contributed by atoms with E-state index in [1.807, 2.05) is 31.2 Å². The zero-order valence-corrected chi connectivity index (χ0v) is 13.4. The first-order valence-electron chi connectivity index (χ1n) is 8.29. The highest BCUT2D eigenvalue weighted by atomic mass is 16.5. The quantitative estimate of drug-likeness (QED) is 0.859. The number of ether oxygens (including phenoxy) is 1. The van der Waals surface area contributed by atoms with Crippen LogP contribution in [-0.4, -0.2) is 18.6 Å². The number of esters is 1. The molecule has 3 heteroatoms. The fraction of sp³-hybridized carbons (Fsp3) is 0.350. The maximum absolute atomic E-state index is 12.1. The van der Waals surface area contributed by atoms with Crippen LogP contribution in [-0.2, 0) is 16.0 Å². The first-order chi connectivity index (χ1) is 11.3. The van der Waals surface area contributed by atoms with Crippen LogP contribution in [0.3, 0.4) is 0 Å². The second kappa shape index (κ2) is 7.42. The van der Waals surface area contributed by atoms with Gasteiger partial charge >= 0.3 is 5.97 Å². The van der Waals surface area contributed by atoms with Crippen molar-refractivity contribution in [2.75, 3.05) is 6.61 Å². The number of rotatable bonds is 5. The second-order valence-electron chi connectivity index (χ2n) is 6.05. The van der Waals surface area contributed by atoms with E-state index in [1.165, 1.54) is 11.1 Å². The second-order valence-corrected chi connectivity index (χ2v) is 6.05. The van der Waals surface area contributed by atoms with Gasteiger partial charge in [-0.15, -0.1) is 0 Å². The van der Waals surface area contributed by atoms with Gasteiger partial charge in [-0.3, -0.25) is 10.1 Å². The van der Waals surface area contributed by atoms with Crippen LogP contribution in [0.5, 0.6) is 0 Å². The minimum absolute atomic E-state index is 0.135. The van der Waals surface area contributed by atoms with Crippen molar-refractivity contribution in [1.29, 1.82) is 0 Å². The van der Waals surface area contributed by atoms with Crippen LogP contribution in [0.4, 0.5) is 0 Å². The fourth-order valence-electron chi connectivity index (χ4n) is 3.41. The van der Waals surface area contributed by atoms with Crippen LogP contribution in [0.1, 0.15) is 30.5 Å². The molecule has 1 N–H and O–H groups in total. The van der Waals surface area contributed by atoms with Gasteiger partial charge in [-0.2, -0.15) is 0 Å². The molecule has 3 atom stereocenters. The van der Waals surface area contributed by atoms with Gasteiger partial charge in [0.15, 0.2) is 0 Å². The highest BCUT2D eigenvalue weighted by Crippen LogP contribution is 2.35. The molecule has 0 aromatic heterocycles. The Balaban J connectivity index is 1.80. The molecule has 1 heterocycles. The summed E-state index contributed by atoms with van der Waals surface area (Å²) < 4.78 is 5.21. The summed E-state index contributed by atoms with van der Waals surface area (Å²) in [6.07, 6.45) is 1.77. The molecule has 0 radical (unpaired) electrons.